The summed E-state index contributed by atoms with van der Waals surface area (Å²) in [5, 5.41) is 10.8. The lowest BCUT2D eigenvalue weighted by molar-refractivity contribution is -0.116. The lowest BCUT2D eigenvalue weighted by Crippen LogP contribution is -2.38. The number of nitrogens with one attached hydrogen (secondary N) is 3. The number of rotatable bonds is 4. The number of thiophene rings is 1. The van der Waals surface area contributed by atoms with Gasteiger partial charge in [0.1, 0.15) is 0 Å². The van der Waals surface area contributed by atoms with E-state index in [0.717, 1.165) is 28.1 Å². The van der Waals surface area contributed by atoms with Crippen LogP contribution in [0.5, 0.6) is 0 Å². The molecule has 3 amide bonds. The molecule has 1 aromatic carbocycles. The Morgan fingerprint density at radius 2 is 1.96 bits per heavy atom. The van der Waals surface area contributed by atoms with Crippen molar-refractivity contribution < 1.29 is 9.59 Å². The lowest BCUT2D eigenvalue weighted by atomic mass is 9.98. The van der Waals surface area contributed by atoms with Crippen molar-refractivity contribution in [1.82, 2.24) is 10.6 Å². The number of amides is 3. The Balaban J connectivity index is 1.61. The minimum absolute atomic E-state index is 0.0176. The normalized spacial score (nSPS) is 15.8. The van der Waals surface area contributed by atoms with Crippen molar-refractivity contribution in [1.29, 1.82) is 0 Å². The van der Waals surface area contributed by atoms with E-state index in [2.05, 4.69) is 22.0 Å². The lowest BCUT2D eigenvalue weighted by Gasteiger charge is -2.21. The van der Waals surface area contributed by atoms with Crippen LogP contribution in [0.3, 0.4) is 0 Å². The molecule has 3 N–H and O–H groups in total. The number of urea groups is 1. The van der Waals surface area contributed by atoms with Crippen molar-refractivity contribution in [2.75, 3.05) is 5.32 Å². The molecule has 0 saturated carbocycles. The summed E-state index contributed by atoms with van der Waals surface area (Å²) in [4.78, 5) is 24.7. The molecule has 3 rings (SSSR count). The van der Waals surface area contributed by atoms with Gasteiger partial charge in [0, 0.05) is 17.0 Å². The monoisotopic (exact) mass is 343 g/mol. The molecule has 0 aliphatic carbocycles. The molecule has 6 heteroatoms. The van der Waals surface area contributed by atoms with E-state index in [1.54, 1.807) is 11.3 Å². The van der Waals surface area contributed by atoms with E-state index in [-0.39, 0.29) is 24.0 Å². The second-order valence-corrected chi connectivity index (χ2v) is 7.02. The van der Waals surface area contributed by atoms with E-state index in [4.69, 9.17) is 0 Å². The third-order valence-corrected chi connectivity index (χ3v) is 5.24. The molecular weight excluding hydrogens is 322 g/mol. The van der Waals surface area contributed by atoms with Crippen LogP contribution in [0.15, 0.2) is 35.7 Å². The van der Waals surface area contributed by atoms with Gasteiger partial charge in [-0.25, -0.2) is 4.79 Å². The third-order valence-electron chi connectivity index (χ3n) is 4.19. The molecule has 1 aliphatic heterocycles. The maximum Gasteiger partial charge on any atom is 0.315 e. The first-order chi connectivity index (χ1) is 11.5. The molecule has 5 nitrogen and oxygen atoms in total. The van der Waals surface area contributed by atoms with Crippen LogP contribution < -0.4 is 16.0 Å². The largest absolute Gasteiger partial charge is 0.332 e. The second kappa shape index (κ2) is 7.05. The predicted octanol–water partition coefficient (Wildman–Crippen LogP) is 3.75. The van der Waals surface area contributed by atoms with Gasteiger partial charge in [-0.1, -0.05) is 18.2 Å². The first-order valence-corrected chi connectivity index (χ1v) is 8.94. The Kier molecular flexibility index (Phi) is 4.85. The van der Waals surface area contributed by atoms with Gasteiger partial charge >= 0.3 is 6.03 Å². The first kappa shape index (κ1) is 16.5. The summed E-state index contributed by atoms with van der Waals surface area (Å²) in [5.41, 5.74) is 3.02. The molecular formula is C18H21N3O2S. The van der Waals surface area contributed by atoms with Crippen molar-refractivity contribution in [3.63, 3.8) is 0 Å². The summed E-state index contributed by atoms with van der Waals surface area (Å²) < 4.78 is 0. The zero-order chi connectivity index (χ0) is 17.1. The molecule has 0 fully saturated rings. The summed E-state index contributed by atoms with van der Waals surface area (Å²) in [7, 11) is 0. The molecule has 2 aromatic rings. The number of carbonyl (C=O) groups excluding carboxylic acids is 2. The van der Waals surface area contributed by atoms with E-state index in [1.165, 1.54) is 0 Å². The van der Waals surface area contributed by atoms with Gasteiger partial charge in [0.05, 0.1) is 12.1 Å². The molecule has 126 valence electrons. The van der Waals surface area contributed by atoms with Crippen LogP contribution in [-0.4, -0.2) is 11.9 Å². The van der Waals surface area contributed by atoms with Gasteiger partial charge in [0.25, 0.3) is 0 Å². The highest BCUT2D eigenvalue weighted by Crippen LogP contribution is 2.26. The summed E-state index contributed by atoms with van der Waals surface area (Å²) in [6.07, 6.45) is 1.25. The van der Waals surface area contributed by atoms with E-state index in [9.17, 15) is 9.59 Å². The van der Waals surface area contributed by atoms with Crippen LogP contribution >= 0.6 is 11.3 Å². The summed E-state index contributed by atoms with van der Waals surface area (Å²) >= 11 is 1.63. The van der Waals surface area contributed by atoms with E-state index in [0.29, 0.717) is 6.42 Å². The van der Waals surface area contributed by atoms with Gasteiger partial charge in [0.2, 0.25) is 5.91 Å². The van der Waals surface area contributed by atoms with Crippen LogP contribution in [0.1, 0.15) is 48.4 Å². The van der Waals surface area contributed by atoms with E-state index >= 15 is 0 Å². The smallest absolute Gasteiger partial charge is 0.315 e. The zero-order valence-corrected chi connectivity index (χ0v) is 14.6. The van der Waals surface area contributed by atoms with Crippen molar-refractivity contribution in [2.24, 2.45) is 0 Å². The maximum atomic E-state index is 12.2. The average molecular weight is 343 g/mol. The minimum atomic E-state index is -0.186. The van der Waals surface area contributed by atoms with Gasteiger partial charge in [-0.05, 0) is 48.9 Å². The zero-order valence-electron chi connectivity index (χ0n) is 13.8. The van der Waals surface area contributed by atoms with E-state index < -0.39 is 0 Å². The molecule has 0 radical (unpaired) electrons. The fraction of sp³-hybridized carbons (Fsp3) is 0.333. The van der Waals surface area contributed by atoms with E-state index in [1.807, 2.05) is 43.5 Å². The van der Waals surface area contributed by atoms with Crippen molar-refractivity contribution in [2.45, 2.75) is 38.8 Å². The Hall–Kier alpha value is -2.34. The van der Waals surface area contributed by atoms with Gasteiger partial charge in [-0.3, -0.25) is 4.79 Å². The Morgan fingerprint density at radius 1 is 1.17 bits per heavy atom. The SMILES string of the molecule is CC(NC(=O)NC(C)c1cccs1)c1ccc2c(c1)CCC(=O)N2. The summed E-state index contributed by atoms with van der Waals surface area (Å²) in [6, 6.07) is 9.59. The summed E-state index contributed by atoms with van der Waals surface area (Å²) in [6.45, 7) is 3.93. The quantitative estimate of drug-likeness (QED) is 0.791. The molecule has 1 aliphatic rings. The Morgan fingerprint density at radius 3 is 2.71 bits per heavy atom. The molecule has 2 unspecified atom stereocenters. The van der Waals surface area contributed by atoms with Crippen molar-refractivity contribution >= 4 is 29.0 Å². The highest BCUT2D eigenvalue weighted by Gasteiger charge is 2.18. The van der Waals surface area contributed by atoms with Crippen molar-refractivity contribution in [3.8, 4) is 0 Å². The molecule has 2 heterocycles. The fourth-order valence-corrected chi connectivity index (χ4v) is 3.53. The first-order valence-electron chi connectivity index (χ1n) is 8.06. The van der Waals surface area contributed by atoms with Crippen LogP contribution in [0.25, 0.3) is 0 Å². The Bertz CT molecular complexity index is 743. The van der Waals surface area contributed by atoms with Crippen LogP contribution in [0.4, 0.5) is 10.5 Å². The number of anilines is 1. The number of carbonyl (C=O) groups is 2. The average Bonchev–Trinajstić information content (AvgIpc) is 3.08. The molecule has 1 aromatic heterocycles. The number of aryl methyl sites for hydroxylation is 1. The highest BCUT2D eigenvalue weighted by atomic mass is 32.1. The molecule has 0 saturated heterocycles. The molecule has 2 atom stereocenters. The van der Waals surface area contributed by atoms with Gasteiger partial charge in [0.15, 0.2) is 0 Å². The van der Waals surface area contributed by atoms with Crippen molar-refractivity contribution in [3.05, 3.63) is 51.7 Å². The highest BCUT2D eigenvalue weighted by molar-refractivity contribution is 7.10. The van der Waals surface area contributed by atoms with Gasteiger partial charge < -0.3 is 16.0 Å². The molecule has 0 spiro atoms. The number of benzene rings is 1. The third kappa shape index (κ3) is 3.76. The predicted molar refractivity (Wildman–Crippen MR) is 96.2 cm³/mol. The summed E-state index contributed by atoms with van der Waals surface area (Å²) in [5.74, 6) is 0.0587. The standard InChI is InChI=1S/C18H21N3O2S/c1-11(19-18(23)20-12(2)16-4-3-9-24-16)13-5-7-15-14(10-13)6-8-17(22)21-15/h3-5,7,9-12H,6,8H2,1-2H3,(H,21,22)(H2,19,20,23). The second-order valence-electron chi connectivity index (χ2n) is 6.04. The number of fused-ring (bicyclic) bond motifs is 1. The Labute approximate surface area is 145 Å². The van der Waals surface area contributed by atoms with Crippen LogP contribution in [0, 0.1) is 0 Å². The fourth-order valence-electron chi connectivity index (χ4n) is 2.80. The number of hydrogen-bond donors (Lipinski definition) is 3. The molecule has 0 bridgehead atoms. The maximum absolute atomic E-state index is 12.2. The minimum Gasteiger partial charge on any atom is -0.332 e. The van der Waals surface area contributed by atoms with Gasteiger partial charge in [-0.2, -0.15) is 0 Å². The van der Waals surface area contributed by atoms with Crippen LogP contribution in [0.2, 0.25) is 0 Å². The number of hydrogen-bond acceptors (Lipinski definition) is 3. The topological polar surface area (TPSA) is 70.2 Å². The van der Waals surface area contributed by atoms with Gasteiger partial charge in [-0.15, -0.1) is 11.3 Å². The molecule has 24 heavy (non-hydrogen) atoms. The van der Waals surface area contributed by atoms with Crippen LogP contribution in [-0.2, 0) is 11.2 Å².